The number of H-pyrrole nitrogens is 1. The van der Waals surface area contributed by atoms with Crippen molar-refractivity contribution in [1.82, 2.24) is 9.71 Å². The predicted octanol–water partition coefficient (Wildman–Crippen LogP) is 4.15. The van der Waals surface area contributed by atoms with Crippen molar-refractivity contribution >= 4 is 20.9 Å². The summed E-state index contributed by atoms with van der Waals surface area (Å²) in [7, 11) is -3.58. The van der Waals surface area contributed by atoms with Gasteiger partial charge in [0, 0.05) is 17.1 Å². The number of nitrogens with one attached hydrogen (secondary N) is 2. The number of hydrogen-bond acceptors (Lipinski definition) is 2. The zero-order valence-corrected chi connectivity index (χ0v) is 14.9. The summed E-state index contributed by atoms with van der Waals surface area (Å²) in [6, 6.07) is 14.5. The Balaban J connectivity index is 1.99. The first-order valence-electron chi connectivity index (χ1n) is 8.03. The minimum atomic E-state index is -3.58. The summed E-state index contributed by atoms with van der Waals surface area (Å²) >= 11 is 0. The second-order valence-corrected chi connectivity index (χ2v) is 8.16. The first-order chi connectivity index (χ1) is 11.4. The number of aromatic amines is 1. The van der Waals surface area contributed by atoms with E-state index in [-0.39, 0.29) is 12.0 Å². The van der Waals surface area contributed by atoms with Gasteiger partial charge in [-0.05, 0) is 36.6 Å². The molecule has 2 N–H and O–H groups in total. The molecule has 1 aromatic heterocycles. The van der Waals surface area contributed by atoms with Crippen LogP contribution in [0.4, 0.5) is 0 Å². The van der Waals surface area contributed by atoms with E-state index in [1.807, 2.05) is 63.4 Å². The van der Waals surface area contributed by atoms with Crippen molar-refractivity contribution < 1.29 is 8.42 Å². The molecule has 3 rings (SSSR count). The Hall–Kier alpha value is -2.11. The highest BCUT2D eigenvalue weighted by Crippen LogP contribution is 2.30. The Morgan fingerprint density at radius 1 is 1.00 bits per heavy atom. The Labute approximate surface area is 143 Å². The molecular weight excluding hydrogens is 320 g/mol. The van der Waals surface area contributed by atoms with Crippen molar-refractivity contribution in [2.75, 3.05) is 0 Å². The highest BCUT2D eigenvalue weighted by molar-refractivity contribution is 7.89. The second-order valence-electron chi connectivity index (χ2n) is 6.45. The summed E-state index contributed by atoms with van der Waals surface area (Å²) in [5.74, 6) is 0.115. The Morgan fingerprint density at radius 2 is 1.67 bits per heavy atom. The fourth-order valence-electron chi connectivity index (χ4n) is 2.86. The maximum Gasteiger partial charge on any atom is 0.241 e. The summed E-state index contributed by atoms with van der Waals surface area (Å²) < 4.78 is 28.4. The number of aromatic nitrogens is 1. The molecule has 3 aromatic rings. The van der Waals surface area contributed by atoms with Crippen LogP contribution >= 0.6 is 0 Å². The van der Waals surface area contributed by atoms with Gasteiger partial charge in [0.25, 0.3) is 0 Å². The van der Waals surface area contributed by atoms with E-state index in [0.717, 1.165) is 22.0 Å². The molecule has 1 heterocycles. The van der Waals surface area contributed by atoms with Gasteiger partial charge in [-0.1, -0.05) is 49.7 Å². The van der Waals surface area contributed by atoms with E-state index < -0.39 is 10.0 Å². The van der Waals surface area contributed by atoms with Gasteiger partial charge in [0.15, 0.2) is 0 Å². The molecule has 1 unspecified atom stereocenters. The lowest BCUT2D eigenvalue weighted by molar-refractivity contribution is 0.465. The highest BCUT2D eigenvalue weighted by atomic mass is 32.2. The van der Waals surface area contributed by atoms with Crippen LogP contribution in [0.1, 0.15) is 31.0 Å². The zero-order valence-electron chi connectivity index (χ0n) is 14.1. The molecule has 126 valence electrons. The maximum absolute atomic E-state index is 12.8. The van der Waals surface area contributed by atoms with Crippen LogP contribution in [0, 0.1) is 12.8 Å². The molecule has 0 aliphatic heterocycles. The van der Waals surface area contributed by atoms with Gasteiger partial charge in [-0.25, -0.2) is 13.1 Å². The lowest BCUT2D eigenvalue weighted by atomic mass is 9.97. The predicted molar refractivity (Wildman–Crippen MR) is 97.4 cm³/mol. The fraction of sp³-hybridized carbons (Fsp3) is 0.263. The van der Waals surface area contributed by atoms with Gasteiger partial charge in [-0.2, -0.15) is 0 Å². The van der Waals surface area contributed by atoms with Crippen molar-refractivity contribution in [1.29, 1.82) is 0 Å². The van der Waals surface area contributed by atoms with Crippen LogP contribution in [-0.2, 0) is 10.0 Å². The third-order valence-corrected chi connectivity index (χ3v) is 5.69. The van der Waals surface area contributed by atoms with Crippen LogP contribution in [0.25, 0.3) is 10.9 Å². The molecule has 0 saturated heterocycles. The van der Waals surface area contributed by atoms with Gasteiger partial charge in [0.2, 0.25) is 10.0 Å². The average Bonchev–Trinajstić information content (AvgIpc) is 2.96. The van der Waals surface area contributed by atoms with Gasteiger partial charge in [0.1, 0.15) is 0 Å². The summed E-state index contributed by atoms with van der Waals surface area (Å²) in [4.78, 5) is 3.51. The smallest absolute Gasteiger partial charge is 0.241 e. The van der Waals surface area contributed by atoms with Crippen molar-refractivity contribution in [2.24, 2.45) is 5.92 Å². The first kappa shape index (κ1) is 16.7. The summed E-state index contributed by atoms with van der Waals surface area (Å²) in [5.41, 5.74) is 3.01. The van der Waals surface area contributed by atoms with Crippen LogP contribution in [0.15, 0.2) is 59.6 Å². The maximum atomic E-state index is 12.8. The molecule has 0 aliphatic rings. The number of hydrogen-bond donors (Lipinski definition) is 2. The third-order valence-electron chi connectivity index (χ3n) is 4.24. The van der Waals surface area contributed by atoms with Gasteiger partial charge in [-0.3, -0.25) is 0 Å². The molecule has 5 heteroatoms. The van der Waals surface area contributed by atoms with E-state index in [4.69, 9.17) is 0 Å². The molecule has 0 saturated carbocycles. The fourth-order valence-corrected chi connectivity index (χ4v) is 4.23. The van der Waals surface area contributed by atoms with Gasteiger partial charge >= 0.3 is 0 Å². The Bertz CT molecular complexity index is 941. The summed E-state index contributed by atoms with van der Waals surface area (Å²) in [5, 5.41) is 1.04. The lowest BCUT2D eigenvalue weighted by Crippen LogP contribution is -2.31. The number of rotatable bonds is 5. The van der Waals surface area contributed by atoms with Crippen LogP contribution in [0.5, 0.6) is 0 Å². The standard InChI is InChI=1S/C19H22N2O2S/c1-13(2)19(17-12-20-18-7-5-4-6-16(17)18)21-24(22,23)15-10-8-14(3)9-11-15/h4-13,19-21H,1-3H3. The topological polar surface area (TPSA) is 62.0 Å². The first-order valence-corrected chi connectivity index (χ1v) is 9.52. The largest absolute Gasteiger partial charge is 0.361 e. The number of fused-ring (bicyclic) bond motifs is 1. The van der Waals surface area contributed by atoms with Crippen molar-refractivity contribution in [3.05, 3.63) is 65.9 Å². The van der Waals surface area contributed by atoms with Crippen molar-refractivity contribution in [3.8, 4) is 0 Å². The number of benzene rings is 2. The van der Waals surface area contributed by atoms with E-state index in [0.29, 0.717) is 4.90 Å². The number of sulfonamides is 1. The number of para-hydroxylation sites is 1. The van der Waals surface area contributed by atoms with Crippen molar-refractivity contribution in [2.45, 2.75) is 31.7 Å². The van der Waals surface area contributed by atoms with E-state index in [9.17, 15) is 8.42 Å². The third kappa shape index (κ3) is 3.23. The minimum Gasteiger partial charge on any atom is -0.361 e. The molecule has 1 atom stereocenters. The molecule has 4 nitrogen and oxygen atoms in total. The Kier molecular flexibility index (Phi) is 4.47. The quantitative estimate of drug-likeness (QED) is 0.731. The van der Waals surface area contributed by atoms with Gasteiger partial charge < -0.3 is 4.98 Å². The van der Waals surface area contributed by atoms with Crippen LogP contribution in [-0.4, -0.2) is 13.4 Å². The second kappa shape index (κ2) is 6.42. The highest BCUT2D eigenvalue weighted by Gasteiger charge is 2.25. The lowest BCUT2D eigenvalue weighted by Gasteiger charge is -2.22. The normalized spacial score (nSPS) is 13.5. The van der Waals surface area contributed by atoms with E-state index >= 15 is 0 Å². The van der Waals surface area contributed by atoms with Gasteiger partial charge in [-0.15, -0.1) is 0 Å². The average molecular weight is 342 g/mol. The molecule has 0 aliphatic carbocycles. The van der Waals surface area contributed by atoms with Gasteiger partial charge in [0.05, 0.1) is 10.9 Å². The van der Waals surface area contributed by atoms with Crippen LogP contribution in [0.3, 0.4) is 0 Å². The minimum absolute atomic E-state index is 0.115. The molecule has 2 aromatic carbocycles. The molecule has 24 heavy (non-hydrogen) atoms. The van der Waals surface area contributed by atoms with Crippen LogP contribution < -0.4 is 4.72 Å². The zero-order chi connectivity index (χ0) is 17.3. The molecular formula is C19H22N2O2S. The van der Waals surface area contributed by atoms with E-state index in [1.54, 1.807) is 12.1 Å². The molecule has 0 spiro atoms. The van der Waals surface area contributed by atoms with E-state index in [2.05, 4.69) is 9.71 Å². The Morgan fingerprint density at radius 3 is 2.33 bits per heavy atom. The molecule has 0 bridgehead atoms. The SMILES string of the molecule is Cc1ccc(S(=O)(=O)NC(c2c[nH]c3ccccc23)C(C)C)cc1. The summed E-state index contributed by atoms with van der Waals surface area (Å²) in [6.07, 6.45) is 1.90. The summed E-state index contributed by atoms with van der Waals surface area (Å²) in [6.45, 7) is 5.97. The van der Waals surface area contributed by atoms with E-state index in [1.165, 1.54) is 0 Å². The number of aryl methyl sites for hydroxylation is 1. The molecule has 0 fully saturated rings. The molecule has 0 radical (unpaired) electrons. The van der Waals surface area contributed by atoms with Crippen molar-refractivity contribution in [3.63, 3.8) is 0 Å². The monoisotopic (exact) mass is 342 g/mol. The molecule has 0 amide bonds. The van der Waals surface area contributed by atoms with Crippen LogP contribution in [0.2, 0.25) is 0 Å².